The fourth-order valence-electron chi connectivity index (χ4n) is 15.1. The first-order valence-electron chi connectivity index (χ1n) is 29.6. The number of rotatable bonds is 6. The molecule has 0 radical (unpaired) electrons. The lowest BCUT2D eigenvalue weighted by molar-refractivity contribution is 1.03. The van der Waals surface area contributed by atoms with Crippen molar-refractivity contribution >= 4 is 141 Å². The molecule has 19 rings (SSSR count). The second-order valence-corrected chi connectivity index (χ2v) is 23.9. The molecule has 0 aliphatic carbocycles. The molecule has 6 aromatic heterocycles. The van der Waals surface area contributed by atoms with E-state index in [1.165, 1.54) is 10.8 Å². The van der Waals surface area contributed by atoms with Crippen molar-refractivity contribution in [3.05, 3.63) is 284 Å². The zero-order chi connectivity index (χ0) is 57.9. The second-order valence-electron chi connectivity index (χ2n) is 22.9. The van der Waals surface area contributed by atoms with Crippen LogP contribution in [0, 0.1) is 22.7 Å². The molecular formula is C80H45N7S. The lowest BCUT2D eigenvalue weighted by atomic mass is 9.97. The minimum absolute atomic E-state index is 0.415. The van der Waals surface area contributed by atoms with E-state index in [-0.39, 0.29) is 0 Å². The summed E-state index contributed by atoms with van der Waals surface area (Å²) in [5, 5.41) is 38.9. The summed E-state index contributed by atoms with van der Waals surface area (Å²) in [6.07, 6.45) is 0. The maximum Gasteiger partial charge on any atom is 0.104 e. The highest BCUT2D eigenvalue weighted by molar-refractivity contribution is 7.26. The van der Waals surface area contributed by atoms with Gasteiger partial charge < -0.3 is 22.8 Å². The largest absolute Gasteiger partial charge is 0.309 e. The molecule has 13 aromatic carbocycles. The van der Waals surface area contributed by atoms with Crippen LogP contribution in [0.2, 0.25) is 0 Å². The predicted octanol–water partition coefficient (Wildman–Crippen LogP) is 21.0. The molecule has 0 bridgehead atoms. The lowest BCUT2D eigenvalue weighted by Gasteiger charge is -2.27. The van der Waals surface area contributed by atoms with Gasteiger partial charge in [0.25, 0.3) is 0 Å². The Labute approximate surface area is 506 Å². The zero-order valence-electron chi connectivity index (χ0n) is 47.0. The summed E-state index contributed by atoms with van der Waals surface area (Å²) >= 11 is 1.77. The molecule has 6 heterocycles. The Morgan fingerprint density at radius 2 is 0.659 bits per heavy atom. The van der Waals surface area contributed by atoms with Crippen LogP contribution in [-0.4, -0.2) is 22.8 Å². The van der Waals surface area contributed by atoms with E-state index < -0.39 is 0 Å². The molecule has 0 amide bonds. The zero-order valence-corrected chi connectivity index (χ0v) is 47.8. The van der Waals surface area contributed by atoms with Crippen LogP contribution in [0.15, 0.2) is 273 Å². The van der Waals surface area contributed by atoms with Crippen LogP contribution in [0.1, 0.15) is 11.1 Å². The van der Waals surface area contributed by atoms with E-state index in [1.807, 2.05) is 0 Å². The fraction of sp³-hybridized carbons (Fsp3) is 0. The Hall–Kier alpha value is -11.9. The maximum absolute atomic E-state index is 13.1. The average Bonchev–Trinajstić information content (AvgIpc) is 1.53. The monoisotopic (exact) mass is 1140 g/mol. The number of fused-ring (bicyclic) bond motifs is 19. The van der Waals surface area contributed by atoms with Crippen LogP contribution < -0.4 is 0 Å². The van der Waals surface area contributed by atoms with Crippen molar-refractivity contribution in [2.24, 2.45) is 0 Å². The summed E-state index contributed by atoms with van der Waals surface area (Å²) in [6, 6.07) is 103. The van der Waals surface area contributed by atoms with Gasteiger partial charge in [-0.15, -0.1) is 11.3 Å². The highest BCUT2D eigenvalue weighted by Gasteiger charge is 2.35. The quantitative estimate of drug-likeness (QED) is 0.166. The molecule has 0 saturated carbocycles. The van der Waals surface area contributed by atoms with Crippen molar-refractivity contribution in [3.8, 4) is 51.7 Å². The molecular weight excluding hydrogens is 1090 g/mol. The third kappa shape index (κ3) is 6.42. The fourth-order valence-corrected chi connectivity index (χ4v) is 16.3. The highest BCUT2D eigenvalue weighted by atomic mass is 32.1. The molecule has 0 saturated heterocycles. The first-order chi connectivity index (χ1) is 43.7. The van der Waals surface area contributed by atoms with Crippen molar-refractivity contribution < 1.29 is 0 Å². The van der Waals surface area contributed by atoms with E-state index in [4.69, 9.17) is 0 Å². The number of benzene rings is 13. The molecule has 0 fully saturated rings. The SMILES string of the molecule is N#Cc1c(-n2c3ccccc3c3ccccc32)c(-n2c3ccccc3c3ccccc32)c(C#N)c(-n2c3ccc(-c4cccc5c4c4ccccc4n5-c4ccccc4)cc3c3ccc4c5ccccc5sc4c32)c1-n1c2ccccc2c2ccccc21. The van der Waals surface area contributed by atoms with E-state index >= 15 is 0 Å². The van der Waals surface area contributed by atoms with Crippen molar-refractivity contribution in [1.82, 2.24) is 22.8 Å². The molecule has 88 heavy (non-hydrogen) atoms. The molecule has 0 aliphatic heterocycles. The third-order valence-electron chi connectivity index (χ3n) is 18.5. The first-order valence-corrected chi connectivity index (χ1v) is 30.4. The van der Waals surface area contributed by atoms with Crippen molar-refractivity contribution in [2.45, 2.75) is 0 Å². The Bertz CT molecular complexity index is 6180. The molecule has 0 spiro atoms. The van der Waals surface area contributed by atoms with Gasteiger partial charge in [0, 0.05) is 75.0 Å². The molecule has 0 atom stereocenters. The summed E-state index contributed by atoms with van der Waals surface area (Å²) in [4.78, 5) is 0. The summed E-state index contributed by atoms with van der Waals surface area (Å²) in [5.74, 6) is 0. The van der Waals surface area contributed by atoms with Crippen LogP contribution in [0.4, 0.5) is 0 Å². The van der Waals surface area contributed by atoms with Gasteiger partial charge in [-0.1, -0.05) is 194 Å². The number of thiophene rings is 1. The average molecular weight is 1140 g/mol. The summed E-state index contributed by atoms with van der Waals surface area (Å²) in [5.41, 5.74) is 16.2. The Morgan fingerprint density at radius 1 is 0.273 bits per heavy atom. The van der Waals surface area contributed by atoms with Crippen LogP contribution in [0.25, 0.3) is 169 Å². The minimum Gasteiger partial charge on any atom is -0.309 e. The van der Waals surface area contributed by atoms with Gasteiger partial charge >= 0.3 is 0 Å². The maximum atomic E-state index is 13.1. The van der Waals surface area contributed by atoms with Crippen molar-refractivity contribution in [3.63, 3.8) is 0 Å². The van der Waals surface area contributed by atoms with E-state index in [2.05, 4.69) is 308 Å². The van der Waals surface area contributed by atoms with Crippen molar-refractivity contribution in [2.75, 3.05) is 0 Å². The number of hydrogen-bond acceptors (Lipinski definition) is 3. The number of aromatic nitrogens is 5. The van der Waals surface area contributed by atoms with Crippen LogP contribution in [-0.2, 0) is 0 Å². The molecule has 7 nitrogen and oxygen atoms in total. The van der Waals surface area contributed by atoms with Gasteiger partial charge in [-0.25, -0.2) is 0 Å². The topological polar surface area (TPSA) is 72.2 Å². The highest BCUT2D eigenvalue weighted by Crippen LogP contribution is 2.51. The molecule has 8 heteroatoms. The van der Waals surface area contributed by atoms with Gasteiger partial charge in [0.2, 0.25) is 0 Å². The van der Waals surface area contributed by atoms with Crippen LogP contribution >= 0.6 is 11.3 Å². The Kier molecular flexibility index (Phi) is 10.1. The standard InChI is InChI=1S/C80H45N7S/c81-46-62-75(84-64-32-12-4-23-51(64)52-24-5-13-33-65(52)84)76(85-66-34-14-6-25-53(66)54-26-7-15-35-67(54)85)63(47-82)78(77(62)86-68-36-16-8-27-55(68)56-28-9-17-37-69(56)86)87-71-44-41-48(45-61(71)58-42-43-59-57-29-11-19-40-73(57)88-80(59)79(58)87)50-31-20-39-72-74(50)60-30-10-18-38-70(60)83(72)49-21-2-1-3-22-49/h1-45H. The third-order valence-corrected chi connectivity index (χ3v) is 19.7. The molecule has 19 aromatic rings. The number of hydrogen-bond donors (Lipinski definition) is 0. The number of nitrogens with zero attached hydrogens (tertiary/aromatic N) is 7. The van der Waals surface area contributed by atoms with Crippen LogP contribution in [0.3, 0.4) is 0 Å². The smallest absolute Gasteiger partial charge is 0.104 e. The van der Waals surface area contributed by atoms with Gasteiger partial charge in [-0.05, 0) is 90.0 Å². The van der Waals surface area contributed by atoms with E-state index in [9.17, 15) is 10.5 Å². The summed E-state index contributed by atoms with van der Waals surface area (Å²) in [7, 11) is 0. The number of nitriles is 2. The van der Waals surface area contributed by atoms with E-state index in [0.717, 1.165) is 135 Å². The van der Waals surface area contributed by atoms with Crippen molar-refractivity contribution in [1.29, 1.82) is 10.5 Å². The lowest BCUT2D eigenvalue weighted by Crippen LogP contribution is -2.16. The molecule has 0 aliphatic rings. The molecule has 0 N–H and O–H groups in total. The minimum atomic E-state index is 0.415. The first kappa shape index (κ1) is 48.4. The Balaban J connectivity index is 1.06. The molecule has 406 valence electrons. The van der Waals surface area contributed by atoms with Gasteiger partial charge in [0.1, 0.15) is 23.3 Å². The summed E-state index contributed by atoms with van der Waals surface area (Å²) < 4.78 is 13.8. The van der Waals surface area contributed by atoms with E-state index in [0.29, 0.717) is 33.9 Å². The van der Waals surface area contributed by atoms with Gasteiger partial charge in [-0.3, -0.25) is 0 Å². The van der Waals surface area contributed by atoms with E-state index in [1.54, 1.807) is 11.3 Å². The summed E-state index contributed by atoms with van der Waals surface area (Å²) in [6.45, 7) is 0. The Morgan fingerprint density at radius 3 is 1.15 bits per heavy atom. The van der Waals surface area contributed by atoms with Gasteiger partial charge in [-0.2, -0.15) is 10.5 Å². The normalized spacial score (nSPS) is 12.1. The number of para-hydroxylation sites is 8. The van der Waals surface area contributed by atoms with Gasteiger partial charge in [0.15, 0.2) is 0 Å². The predicted molar refractivity (Wildman–Crippen MR) is 366 cm³/mol. The molecule has 0 unspecified atom stereocenters. The second kappa shape index (κ2) is 18.3. The van der Waals surface area contributed by atoms with Crippen LogP contribution in [0.5, 0.6) is 0 Å². The van der Waals surface area contributed by atoms with Gasteiger partial charge in [0.05, 0.1) is 82.6 Å².